The fourth-order valence-electron chi connectivity index (χ4n) is 9.76. The van der Waals surface area contributed by atoms with E-state index in [-0.39, 0.29) is 0 Å². The van der Waals surface area contributed by atoms with E-state index in [1.165, 1.54) is 21.8 Å². The number of furan rings is 2. The molecule has 0 aliphatic carbocycles. The van der Waals surface area contributed by atoms with Crippen LogP contribution < -0.4 is 4.90 Å². The van der Waals surface area contributed by atoms with Crippen LogP contribution in [-0.2, 0) is 0 Å². The summed E-state index contributed by atoms with van der Waals surface area (Å²) in [5.74, 6) is 0. The van der Waals surface area contributed by atoms with E-state index >= 15 is 0 Å². The molecular formula is C58H36N2O2. The van der Waals surface area contributed by atoms with Crippen LogP contribution in [0.4, 0.5) is 17.1 Å². The van der Waals surface area contributed by atoms with Crippen LogP contribution in [0.1, 0.15) is 0 Å². The standard InChI is InChI=1S/C58H36N2O2/c1-2-17-44-38(13-1)29-33-48-57-53(24-12-26-56(57)62-58(44)48)59(50-21-7-3-16-43(50)40-30-34-55-49(36-40)47-20-6-10-25-54(47)61-55)41-31-27-37(28-32-41)39-14-11-15-42(35-39)60-51-22-8-4-18-45(51)46-19-5-9-23-52(46)60/h1-36H. The second-order valence-corrected chi connectivity index (χ2v) is 16.0. The molecule has 13 aromatic rings. The van der Waals surface area contributed by atoms with Crippen LogP contribution >= 0.6 is 0 Å². The summed E-state index contributed by atoms with van der Waals surface area (Å²) in [4.78, 5) is 2.40. The molecule has 0 amide bonds. The number of aromatic nitrogens is 1. The third-order valence-electron chi connectivity index (χ3n) is 12.6. The maximum absolute atomic E-state index is 6.76. The first-order valence-corrected chi connectivity index (χ1v) is 21.1. The number of nitrogens with zero attached hydrogens (tertiary/aromatic N) is 2. The van der Waals surface area contributed by atoms with Crippen LogP contribution in [0.5, 0.6) is 0 Å². The molecule has 0 atom stereocenters. The summed E-state index contributed by atoms with van der Waals surface area (Å²) in [6.07, 6.45) is 0. The number of benzene rings is 10. The van der Waals surface area contributed by atoms with Crippen LogP contribution in [-0.4, -0.2) is 4.57 Å². The van der Waals surface area contributed by atoms with Crippen LogP contribution in [0, 0.1) is 0 Å². The van der Waals surface area contributed by atoms with E-state index < -0.39 is 0 Å². The largest absolute Gasteiger partial charge is 0.456 e. The Bertz CT molecular complexity index is 3830. The average Bonchev–Trinajstić information content (AvgIpc) is 4.02. The van der Waals surface area contributed by atoms with Crippen molar-refractivity contribution in [2.75, 3.05) is 4.90 Å². The zero-order chi connectivity index (χ0) is 40.7. The number of rotatable bonds is 6. The summed E-state index contributed by atoms with van der Waals surface area (Å²) in [6, 6.07) is 78.0. The molecule has 0 unspecified atom stereocenters. The first kappa shape index (κ1) is 34.5. The van der Waals surface area contributed by atoms with Crippen LogP contribution in [0.3, 0.4) is 0 Å². The molecule has 290 valence electrons. The van der Waals surface area contributed by atoms with E-state index in [0.717, 1.165) is 99.7 Å². The van der Waals surface area contributed by atoms with Gasteiger partial charge >= 0.3 is 0 Å². The molecule has 0 aliphatic rings. The predicted octanol–water partition coefficient (Wildman–Crippen LogP) is 16.5. The van der Waals surface area contributed by atoms with Gasteiger partial charge in [0.05, 0.1) is 27.8 Å². The highest BCUT2D eigenvalue weighted by molar-refractivity contribution is 6.20. The fourth-order valence-corrected chi connectivity index (χ4v) is 9.76. The Morgan fingerprint density at radius 2 is 1.00 bits per heavy atom. The smallest absolute Gasteiger partial charge is 0.143 e. The van der Waals surface area contributed by atoms with Gasteiger partial charge in [0, 0.05) is 49.3 Å². The van der Waals surface area contributed by atoms with Gasteiger partial charge in [-0.1, -0.05) is 140 Å². The van der Waals surface area contributed by atoms with E-state index in [2.05, 4.69) is 216 Å². The highest BCUT2D eigenvalue weighted by Gasteiger charge is 2.23. The molecule has 0 bridgehead atoms. The molecule has 4 nitrogen and oxygen atoms in total. The van der Waals surface area contributed by atoms with Crippen molar-refractivity contribution in [3.05, 3.63) is 218 Å². The number of hydrogen-bond donors (Lipinski definition) is 0. The molecule has 0 radical (unpaired) electrons. The number of para-hydroxylation sites is 4. The summed E-state index contributed by atoms with van der Waals surface area (Å²) in [6.45, 7) is 0. The minimum Gasteiger partial charge on any atom is -0.456 e. The van der Waals surface area contributed by atoms with E-state index in [9.17, 15) is 0 Å². The van der Waals surface area contributed by atoms with Gasteiger partial charge in [-0.25, -0.2) is 0 Å². The molecule has 0 fully saturated rings. The first-order chi connectivity index (χ1) is 30.7. The van der Waals surface area contributed by atoms with Gasteiger partial charge in [0.25, 0.3) is 0 Å². The van der Waals surface area contributed by atoms with Crippen molar-refractivity contribution in [2.45, 2.75) is 0 Å². The Morgan fingerprint density at radius 1 is 0.355 bits per heavy atom. The van der Waals surface area contributed by atoms with E-state index in [0.29, 0.717) is 0 Å². The van der Waals surface area contributed by atoms with Gasteiger partial charge in [0.1, 0.15) is 22.3 Å². The first-order valence-electron chi connectivity index (χ1n) is 21.1. The summed E-state index contributed by atoms with van der Waals surface area (Å²) < 4.78 is 15.4. The lowest BCUT2D eigenvalue weighted by molar-refractivity contribution is 0.669. The summed E-state index contributed by atoms with van der Waals surface area (Å²) in [5.41, 5.74) is 14.7. The molecule has 10 aromatic carbocycles. The van der Waals surface area contributed by atoms with Gasteiger partial charge < -0.3 is 18.3 Å². The molecule has 13 rings (SSSR count). The van der Waals surface area contributed by atoms with Crippen molar-refractivity contribution in [3.8, 4) is 27.9 Å². The van der Waals surface area contributed by atoms with Crippen molar-refractivity contribution in [1.82, 2.24) is 4.57 Å². The van der Waals surface area contributed by atoms with Gasteiger partial charge in [-0.3, -0.25) is 0 Å². The lowest BCUT2D eigenvalue weighted by Gasteiger charge is -2.28. The van der Waals surface area contributed by atoms with Crippen molar-refractivity contribution >= 4 is 93.5 Å². The molecule has 0 N–H and O–H groups in total. The van der Waals surface area contributed by atoms with Crippen LogP contribution in [0.15, 0.2) is 227 Å². The van der Waals surface area contributed by atoms with Crippen LogP contribution in [0.2, 0.25) is 0 Å². The number of anilines is 3. The third-order valence-corrected chi connectivity index (χ3v) is 12.6. The van der Waals surface area contributed by atoms with Crippen molar-refractivity contribution in [1.29, 1.82) is 0 Å². The van der Waals surface area contributed by atoms with Gasteiger partial charge in [-0.2, -0.15) is 0 Å². The van der Waals surface area contributed by atoms with Crippen molar-refractivity contribution < 1.29 is 8.83 Å². The van der Waals surface area contributed by atoms with Gasteiger partial charge in [0.15, 0.2) is 0 Å². The fraction of sp³-hybridized carbons (Fsp3) is 0. The zero-order valence-corrected chi connectivity index (χ0v) is 33.5. The Morgan fingerprint density at radius 3 is 1.84 bits per heavy atom. The minimum atomic E-state index is 0.848. The highest BCUT2D eigenvalue weighted by Crippen LogP contribution is 2.47. The Labute approximate surface area is 356 Å². The Balaban J connectivity index is 0.995. The summed E-state index contributed by atoms with van der Waals surface area (Å²) in [7, 11) is 0. The van der Waals surface area contributed by atoms with E-state index in [4.69, 9.17) is 8.83 Å². The van der Waals surface area contributed by atoms with Crippen molar-refractivity contribution in [3.63, 3.8) is 0 Å². The Kier molecular flexibility index (Phi) is 7.57. The molecule has 0 saturated heterocycles. The normalized spacial score (nSPS) is 11.9. The molecular weight excluding hydrogens is 757 g/mol. The molecule has 3 heterocycles. The third kappa shape index (κ3) is 5.27. The maximum Gasteiger partial charge on any atom is 0.143 e. The van der Waals surface area contributed by atoms with Crippen molar-refractivity contribution in [2.24, 2.45) is 0 Å². The minimum absolute atomic E-state index is 0.848. The second kappa shape index (κ2) is 13.6. The van der Waals surface area contributed by atoms with Gasteiger partial charge in [-0.15, -0.1) is 0 Å². The zero-order valence-electron chi connectivity index (χ0n) is 33.5. The average molecular weight is 793 g/mol. The quantitative estimate of drug-likeness (QED) is 0.168. The van der Waals surface area contributed by atoms with Crippen LogP contribution in [0.25, 0.3) is 104 Å². The molecule has 0 aliphatic heterocycles. The Hall–Kier alpha value is -8.34. The summed E-state index contributed by atoms with van der Waals surface area (Å²) >= 11 is 0. The predicted molar refractivity (Wildman–Crippen MR) is 258 cm³/mol. The molecule has 0 saturated carbocycles. The lowest BCUT2D eigenvalue weighted by atomic mass is 9.98. The number of fused-ring (bicyclic) bond motifs is 11. The molecule has 0 spiro atoms. The van der Waals surface area contributed by atoms with Gasteiger partial charge in [-0.05, 0) is 101 Å². The molecule has 3 aromatic heterocycles. The topological polar surface area (TPSA) is 34.5 Å². The SMILES string of the molecule is c1cc(-c2ccc(N(c3ccccc3-c3ccc4oc5ccccc5c4c3)c3cccc4oc5c6ccccc6ccc5c34)cc2)cc(-n2c3ccccc3c3ccccc32)c1. The molecule has 4 heteroatoms. The summed E-state index contributed by atoms with van der Waals surface area (Å²) in [5, 5.41) is 9.13. The highest BCUT2D eigenvalue weighted by atomic mass is 16.3. The molecule has 62 heavy (non-hydrogen) atoms. The van der Waals surface area contributed by atoms with Gasteiger partial charge in [0.2, 0.25) is 0 Å². The lowest BCUT2D eigenvalue weighted by Crippen LogP contribution is -2.11. The maximum atomic E-state index is 6.76. The number of hydrogen-bond acceptors (Lipinski definition) is 3. The van der Waals surface area contributed by atoms with E-state index in [1.807, 2.05) is 12.1 Å². The second-order valence-electron chi connectivity index (χ2n) is 16.0. The van der Waals surface area contributed by atoms with E-state index in [1.54, 1.807) is 0 Å². The monoisotopic (exact) mass is 792 g/mol.